The molecular formula is C26H28ClNOS. The van der Waals surface area contributed by atoms with E-state index in [2.05, 4.69) is 97.6 Å². The SMILES string of the molecule is CCN(CC)CCOc1ccc2c(c1)/C(=C\c1ccccc1)c1ccccc1S2.Cl. The summed E-state index contributed by atoms with van der Waals surface area (Å²) in [5.41, 5.74) is 5.00. The van der Waals surface area contributed by atoms with Gasteiger partial charge >= 0.3 is 0 Å². The maximum atomic E-state index is 6.11. The average molecular weight is 438 g/mol. The van der Waals surface area contributed by atoms with Crippen molar-refractivity contribution in [3.05, 3.63) is 89.5 Å². The van der Waals surface area contributed by atoms with Gasteiger partial charge in [-0.15, -0.1) is 12.4 Å². The van der Waals surface area contributed by atoms with Crippen LogP contribution in [0.2, 0.25) is 0 Å². The van der Waals surface area contributed by atoms with Crippen molar-refractivity contribution in [2.45, 2.75) is 23.6 Å². The lowest BCUT2D eigenvalue weighted by Crippen LogP contribution is -2.27. The third kappa shape index (κ3) is 5.10. The molecule has 2 nitrogen and oxygen atoms in total. The summed E-state index contributed by atoms with van der Waals surface area (Å²) in [6, 6.07) is 25.7. The summed E-state index contributed by atoms with van der Waals surface area (Å²) in [6.45, 7) is 8.16. The average Bonchev–Trinajstić information content (AvgIpc) is 2.77. The molecule has 3 aromatic rings. The molecule has 1 heterocycles. The molecule has 0 aliphatic carbocycles. The first-order valence-corrected chi connectivity index (χ1v) is 11.1. The highest BCUT2D eigenvalue weighted by Gasteiger charge is 2.21. The Labute approximate surface area is 190 Å². The Kier molecular flexibility index (Phi) is 8.03. The van der Waals surface area contributed by atoms with Gasteiger partial charge in [0.15, 0.2) is 0 Å². The van der Waals surface area contributed by atoms with Crippen molar-refractivity contribution < 1.29 is 4.74 Å². The number of hydrogen-bond donors (Lipinski definition) is 0. The first-order valence-electron chi connectivity index (χ1n) is 10.3. The molecule has 0 fully saturated rings. The van der Waals surface area contributed by atoms with Crippen LogP contribution in [0.3, 0.4) is 0 Å². The van der Waals surface area contributed by atoms with Gasteiger partial charge in [0.05, 0.1) is 0 Å². The highest BCUT2D eigenvalue weighted by atomic mass is 35.5. The molecule has 0 saturated heterocycles. The van der Waals surface area contributed by atoms with E-state index in [1.807, 2.05) is 11.8 Å². The van der Waals surface area contributed by atoms with Gasteiger partial charge in [0.2, 0.25) is 0 Å². The van der Waals surface area contributed by atoms with Crippen LogP contribution in [0.1, 0.15) is 30.5 Å². The van der Waals surface area contributed by atoms with Crippen LogP contribution in [0.25, 0.3) is 11.6 Å². The van der Waals surface area contributed by atoms with Crippen LogP contribution in [0, 0.1) is 0 Å². The van der Waals surface area contributed by atoms with Gasteiger partial charge in [-0.05, 0) is 65.7 Å². The molecule has 4 rings (SSSR count). The predicted molar refractivity (Wildman–Crippen MR) is 131 cm³/mol. The fraction of sp³-hybridized carbons (Fsp3) is 0.231. The van der Waals surface area contributed by atoms with Crippen molar-refractivity contribution in [2.24, 2.45) is 0 Å². The van der Waals surface area contributed by atoms with Gasteiger partial charge < -0.3 is 9.64 Å². The van der Waals surface area contributed by atoms with Gasteiger partial charge in [0, 0.05) is 16.3 Å². The summed E-state index contributed by atoms with van der Waals surface area (Å²) in [5, 5.41) is 0. The van der Waals surface area contributed by atoms with E-state index in [0.717, 1.165) is 25.4 Å². The minimum absolute atomic E-state index is 0. The fourth-order valence-electron chi connectivity index (χ4n) is 3.64. The molecule has 1 aliphatic heterocycles. The van der Waals surface area contributed by atoms with E-state index >= 15 is 0 Å². The quantitative estimate of drug-likeness (QED) is 0.312. The van der Waals surface area contributed by atoms with Crippen molar-refractivity contribution in [1.82, 2.24) is 4.90 Å². The molecule has 0 bridgehead atoms. The Hall–Kier alpha value is -2.20. The zero-order chi connectivity index (χ0) is 20.1. The van der Waals surface area contributed by atoms with E-state index in [1.54, 1.807) is 0 Å². The first-order chi connectivity index (χ1) is 14.3. The van der Waals surface area contributed by atoms with Crippen molar-refractivity contribution in [3.63, 3.8) is 0 Å². The smallest absolute Gasteiger partial charge is 0.120 e. The zero-order valence-electron chi connectivity index (χ0n) is 17.5. The number of likely N-dealkylation sites (N-methyl/N-ethyl adjacent to an activating group) is 1. The number of hydrogen-bond acceptors (Lipinski definition) is 3. The molecule has 0 unspecified atom stereocenters. The predicted octanol–water partition coefficient (Wildman–Crippen LogP) is 6.88. The molecule has 0 saturated carbocycles. The van der Waals surface area contributed by atoms with E-state index < -0.39 is 0 Å². The number of nitrogens with zero attached hydrogens (tertiary/aromatic N) is 1. The second-order valence-electron chi connectivity index (χ2n) is 7.10. The molecule has 0 aromatic heterocycles. The minimum atomic E-state index is 0. The van der Waals surface area contributed by atoms with Crippen molar-refractivity contribution >= 4 is 35.8 Å². The molecule has 0 radical (unpaired) electrons. The fourth-order valence-corrected chi connectivity index (χ4v) is 4.73. The summed E-state index contributed by atoms with van der Waals surface area (Å²) in [5.74, 6) is 0.940. The Morgan fingerprint density at radius 3 is 2.30 bits per heavy atom. The molecule has 0 amide bonds. The maximum absolute atomic E-state index is 6.11. The second kappa shape index (κ2) is 10.7. The Balaban J connectivity index is 0.00000256. The number of halogens is 1. The maximum Gasteiger partial charge on any atom is 0.120 e. The molecule has 1 aliphatic rings. The van der Waals surface area contributed by atoms with E-state index in [-0.39, 0.29) is 12.4 Å². The number of rotatable bonds is 7. The second-order valence-corrected chi connectivity index (χ2v) is 8.18. The van der Waals surface area contributed by atoms with Gasteiger partial charge in [-0.2, -0.15) is 0 Å². The topological polar surface area (TPSA) is 12.5 Å². The van der Waals surface area contributed by atoms with Crippen LogP contribution >= 0.6 is 24.2 Å². The van der Waals surface area contributed by atoms with E-state index in [0.29, 0.717) is 6.61 Å². The van der Waals surface area contributed by atoms with Gasteiger partial charge in [0.1, 0.15) is 12.4 Å². The molecule has 0 N–H and O–H groups in total. The Morgan fingerprint density at radius 1 is 0.833 bits per heavy atom. The summed E-state index contributed by atoms with van der Waals surface area (Å²) >= 11 is 1.84. The number of ether oxygens (including phenoxy) is 1. The van der Waals surface area contributed by atoms with Crippen molar-refractivity contribution in [3.8, 4) is 5.75 Å². The normalized spacial score (nSPS) is 13.5. The summed E-state index contributed by atoms with van der Waals surface area (Å²) < 4.78 is 6.11. The lowest BCUT2D eigenvalue weighted by molar-refractivity contribution is 0.222. The number of fused-ring (bicyclic) bond motifs is 2. The Bertz CT molecular complexity index is 999. The van der Waals surface area contributed by atoms with Gasteiger partial charge in [-0.3, -0.25) is 0 Å². The molecule has 0 atom stereocenters. The van der Waals surface area contributed by atoms with Crippen LogP contribution < -0.4 is 4.74 Å². The molecule has 30 heavy (non-hydrogen) atoms. The zero-order valence-corrected chi connectivity index (χ0v) is 19.1. The summed E-state index contributed by atoms with van der Waals surface area (Å²) in [4.78, 5) is 4.96. The molecular weight excluding hydrogens is 410 g/mol. The highest BCUT2D eigenvalue weighted by Crippen LogP contribution is 2.46. The van der Waals surface area contributed by atoms with E-state index in [9.17, 15) is 0 Å². The van der Waals surface area contributed by atoms with Crippen LogP contribution in [-0.2, 0) is 0 Å². The van der Waals surface area contributed by atoms with Crippen LogP contribution in [0.4, 0.5) is 0 Å². The van der Waals surface area contributed by atoms with Crippen molar-refractivity contribution in [1.29, 1.82) is 0 Å². The van der Waals surface area contributed by atoms with Gasteiger partial charge in [0.25, 0.3) is 0 Å². The molecule has 0 spiro atoms. The third-order valence-electron chi connectivity index (χ3n) is 5.32. The van der Waals surface area contributed by atoms with Crippen molar-refractivity contribution in [2.75, 3.05) is 26.2 Å². The largest absolute Gasteiger partial charge is 0.492 e. The van der Waals surface area contributed by atoms with Crippen LogP contribution in [0.15, 0.2) is 82.6 Å². The summed E-state index contributed by atoms with van der Waals surface area (Å²) in [7, 11) is 0. The summed E-state index contributed by atoms with van der Waals surface area (Å²) in [6.07, 6.45) is 2.29. The standard InChI is InChI=1S/C26H27NOS.ClH/c1-3-27(4-2)16-17-28-21-14-15-26-24(19-21)23(18-20-10-6-5-7-11-20)22-12-8-9-13-25(22)29-26;/h5-15,18-19H,3-4,16-17H2,1-2H3;1H/b23-18-;. The molecule has 156 valence electrons. The highest BCUT2D eigenvalue weighted by molar-refractivity contribution is 7.99. The van der Waals surface area contributed by atoms with Crippen LogP contribution in [-0.4, -0.2) is 31.1 Å². The molecule has 4 heteroatoms. The van der Waals surface area contributed by atoms with Crippen LogP contribution in [0.5, 0.6) is 5.75 Å². The van der Waals surface area contributed by atoms with E-state index in [1.165, 1.54) is 32.1 Å². The third-order valence-corrected chi connectivity index (χ3v) is 6.47. The lowest BCUT2D eigenvalue weighted by atomic mass is 9.95. The lowest BCUT2D eigenvalue weighted by Gasteiger charge is -2.23. The molecule has 3 aromatic carbocycles. The first kappa shape index (κ1) is 22.5. The van der Waals surface area contributed by atoms with Gasteiger partial charge in [-0.1, -0.05) is 74.1 Å². The van der Waals surface area contributed by atoms with Gasteiger partial charge in [-0.25, -0.2) is 0 Å². The number of benzene rings is 3. The Morgan fingerprint density at radius 2 is 1.53 bits per heavy atom. The van der Waals surface area contributed by atoms with E-state index in [4.69, 9.17) is 4.74 Å². The minimum Gasteiger partial charge on any atom is -0.492 e. The monoisotopic (exact) mass is 437 g/mol.